The summed E-state index contributed by atoms with van der Waals surface area (Å²) in [5.41, 5.74) is 6.31. The zero-order valence-electron chi connectivity index (χ0n) is 15.0. The monoisotopic (exact) mass is 346 g/mol. The first-order valence-electron chi connectivity index (χ1n) is 8.54. The molecular formula is C18H26N4O3. The minimum absolute atomic E-state index is 0.0571. The highest BCUT2D eigenvalue weighted by Crippen LogP contribution is 2.20. The van der Waals surface area contributed by atoms with Gasteiger partial charge in [-0.15, -0.1) is 0 Å². The zero-order valence-corrected chi connectivity index (χ0v) is 15.0. The molecule has 0 fully saturated rings. The average Bonchev–Trinajstić information content (AvgIpc) is 3.14. The standard InChI is InChI=1S/C18H26N4O3/c1-4-18(5-2,12-19)21-15(23)10-11-16-20-17(22-25-16)13-6-8-14(24-3)9-7-13/h6-9H,4-5,10-12,19H2,1-3H3,(H,21,23). The normalized spacial score (nSPS) is 11.4. The summed E-state index contributed by atoms with van der Waals surface area (Å²) >= 11 is 0. The van der Waals surface area contributed by atoms with Crippen molar-refractivity contribution in [2.24, 2.45) is 5.73 Å². The lowest BCUT2D eigenvalue weighted by molar-refractivity contribution is -0.123. The molecule has 0 bridgehead atoms. The van der Waals surface area contributed by atoms with E-state index in [0.29, 0.717) is 24.7 Å². The SMILES string of the molecule is CCC(CC)(CN)NC(=O)CCc1nc(-c2ccc(OC)cc2)no1. The summed E-state index contributed by atoms with van der Waals surface area (Å²) in [6.45, 7) is 4.47. The van der Waals surface area contributed by atoms with E-state index in [1.54, 1.807) is 7.11 Å². The quantitative estimate of drug-likeness (QED) is 0.722. The number of carbonyl (C=O) groups excluding carboxylic acids is 1. The van der Waals surface area contributed by atoms with Crippen molar-refractivity contribution in [2.75, 3.05) is 13.7 Å². The Labute approximate surface area is 147 Å². The topological polar surface area (TPSA) is 103 Å². The van der Waals surface area contributed by atoms with Crippen LogP contribution in [0.4, 0.5) is 0 Å². The number of nitrogens with two attached hydrogens (primary N) is 1. The third-order valence-electron chi connectivity index (χ3n) is 4.53. The number of nitrogens with one attached hydrogen (secondary N) is 1. The van der Waals surface area contributed by atoms with E-state index in [0.717, 1.165) is 24.2 Å². The molecule has 1 aromatic heterocycles. The molecule has 3 N–H and O–H groups in total. The van der Waals surface area contributed by atoms with Gasteiger partial charge in [-0.05, 0) is 37.1 Å². The van der Waals surface area contributed by atoms with Gasteiger partial charge in [0.15, 0.2) is 0 Å². The molecule has 1 aromatic carbocycles. The molecule has 0 saturated heterocycles. The van der Waals surface area contributed by atoms with E-state index in [-0.39, 0.29) is 17.9 Å². The van der Waals surface area contributed by atoms with Gasteiger partial charge in [0.2, 0.25) is 17.6 Å². The average molecular weight is 346 g/mol. The fourth-order valence-corrected chi connectivity index (χ4v) is 2.56. The fraction of sp³-hybridized carbons (Fsp3) is 0.500. The van der Waals surface area contributed by atoms with Crippen LogP contribution in [0.5, 0.6) is 5.75 Å². The van der Waals surface area contributed by atoms with Gasteiger partial charge in [-0.3, -0.25) is 4.79 Å². The van der Waals surface area contributed by atoms with E-state index < -0.39 is 0 Å². The van der Waals surface area contributed by atoms with Crippen LogP contribution in [0.2, 0.25) is 0 Å². The molecule has 2 aromatic rings. The second-order valence-electron chi connectivity index (χ2n) is 5.98. The fourth-order valence-electron chi connectivity index (χ4n) is 2.56. The highest BCUT2D eigenvalue weighted by molar-refractivity contribution is 5.77. The minimum atomic E-state index is -0.333. The van der Waals surface area contributed by atoms with Crippen molar-refractivity contribution in [1.29, 1.82) is 0 Å². The highest BCUT2D eigenvalue weighted by Gasteiger charge is 2.26. The van der Waals surface area contributed by atoms with E-state index in [2.05, 4.69) is 15.5 Å². The van der Waals surface area contributed by atoms with Crippen molar-refractivity contribution in [1.82, 2.24) is 15.5 Å². The lowest BCUT2D eigenvalue weighted by Gasteiger charge is -2.31. The first-order chi connectivity index (χ1) is 12.1. The Balaban J connectivity index is 1.93. The summed E-state index contributed by atoms with van der Waals surface area (Å²) in [5, 5.41) is 7.00. The largest absolute Gasteiger partial charge is 0.497 e. The number of nitrogens with zero attached hydrogens (tertiary/aromatic N) is 2. The lowest BCUT2D eigenvalue weighted by Crippen LogP contribution is -2.52. The third-order valence-corrected chi connectivity index (χ3v) is 4.53. The van der Waals surface area contributed by atoms with Gasteiger partial charge < -0.3 is 20.3 Å². The number of ether oxygens (including phenoxy) is 1. The van der Waals surface area contributed by atoms with E-state index in [9.17, 15) is 4.79 Å². The van der Waals surface area contributed by atoms with Gasteiger partial charge in [0.1, 0.15) is 5.75 Å². The summed E-state index contributed by atoms with van der Waals surface area (Å²) in [6.07, 6.45) is 2.27. The van der Waals surface area contributed by atoms with Gasteiger partial charge in [0, 0.05) is 24.9 Å². The number of aromatic nitrogens is 2. The van der Waals surface area contributed by atoms with Crippen LogP contribution in [0.15, 0.2) is 28.8 Å². The second-order valence-corrected chi connectivity index (χ2v) is 5.98. The maximum Gasteiger partial charge on any atom is 0.227 e. The molecule has 0 spiro atoms. The first kappa shape index (κ1) is 18.9. The molecule has 0 aliphatic carbocycles. The minimum Gasteiger partial charge on any atom is -0.497 e. The molecule has 2 rings (SSSR count). The van der Waals surface area contributed by atoms with Gasteiger partial charge in [0.25, 0.3) is 0 Å². The van der Waals surface area contributed by atoms with Crippen molar-refractivity contribution in [3.8, 4) is 17.1 Å². The number of hydrogen-bond acceptors (Lipinski definition) is 6. The van der Waals surface area contributed by atoms with Gasteiger partial charge in [0.05, 0.1) is 12.6 Å². The Bertz CT molecular complexity index is 670. The molecule has 25 heavy (non-hydrogen) atoms. The summed E-state index contributed by atoms with van der Waals surface area (Å²) in [5.74, 6) is 1.64. The summed E-state index contributed by atoms with van der Waals surface area (Å²) in [6, 6.07) is 7.39. The summed E-state index contributed by atoms with van der Waals surface area (Å²) in [4.78, 5) is 16.5. The zero-order chi connectivity index (χ0) is 18.3. The molecular weight excluding hydrogens is 320 g/mol. The Morgan fingerprint density at radius 2 is 1.96 bits per heavy atom. The van der Waals surface area contributed by atoms with Crippen LogP contribution in [0.3, 0.4) is 0 Å². The molecule has 0 atom stereocenters. The van der Waals surface area contributed by atoms with Crippen molar-refractivity contribution in [3.05, 3.63) is 30.2 Å². The van der Waals surface area contributed by atoms with Crippen LogP contribution in [0.25, 0.3) is 11.4 Å². The van der Waals surface area contributed by atoms with Crippen LogP contribution in [0.1, 0.15) is 39.0 Å². The van der Waals surface area contributed by atoms with Crippen molar-refractivity contribution in [3.63, 3.8) is 0 Å². The van der Waals surface area contributed by atoms with Crippen LogP contribution in [0, 0.1) is 0 Å². The van der Waals surface area contributed by atoms with Crippen LogP contribution in [-0.2, 0) is 11.2 Å². The van der Waals surface area contributed by atoms with Crippen LogP contribution < -0.4 is 15.8 Å². The molecule has 1 heterocycles. The smallest absolute Gasteiger partial charge is 0.227 e. The van der Waals surface area contributed by atoms with E-state index in [4.69, 9.17) is 15.0 Å². The second kappa shape index (κ2) is 8.62. The molecule has 0 unspecified atom stereocenters. The Kier molecular flexibility index (Phi) is 6.52. The first-order valence-corrected chi connectivity index (χ1v) is 8.54. The molecule has 7 nitrogen and oxygen atoms in total. The number of rotatable bonds is 9. The van der Waals surface area contributed by atoms with Crippen molar-refractivity contribution in [2.45, 2.75) is 45.1 Å². The Morgan fingerprint density at radius 1 is 1.28 bits per heavy atom. The highest BCUT2D eigenvalue weighted by atomic mass is 16.5. The van der Waals surface area contributed by atoms with Gasteiger partial charge in [-0.25, -0.2) is 0 Å². The molecule has 1 amide bonds. The van der Waals surface area contributed by atoms with E-state index in [1.807, 2.05) is 38.1 Å². The number of carbonyl (C=O) groups is 1. The molecule has 7 heteroatoms. The number of amides is 1. The molecule has 0 radical (unpaired) electrons. The van der Waals surface area contributed by atoms with Crippen molar-refractivity contribution < 1.29 is 14.1 Å². The molecule has 136 valence electrons. The number of hydrogen-bond donors (Lipinski definition) is 2. The van der Waals surface area contributed by atoms with Crippen molar-refractivity contribution >= 4 is 5.91 Å². The van der Waals surface area contributed by atoms with Crippen LogP contribution in [-0.4, -0.2) is 35.2 Å². The predicted octanol–water partition coefficient (Wildman–Crippen LogP) is 2.31. The summed E-state index contributed by atoms with van der Waals surface area (Å²) in [7, 11) is 1.61. The van der Waals surface area contributed by atoms with E-state index >= 15 is 0 Å². The van der Waals surface area contributed by atoms with Crippen LogP contribution >= 0.6 is 0 Å². The molecule has 0 aliphatic heterocycles. The van der Waals surface area contributed by atoms with Gasteiger partial charge >= 0.3 is 0 Å². The molecule has 0 saturated carbocycles. The number of methoxy groups -OCH3 is 1. The Hall–Kier alpha value is -2.41. The lowest BCUT2D eigenvalue weighted by atomic mass is 9.92. The predicted molar refractivity (Wildman–Crippen MR) is 95.1 cm³/mol. The summed E-state index contributed by atoms with van der Waals surface area (Å²) < 4.78 is 10.4. The Morgan fingerprint density at radius 3 is 2.52 bits per heavy atom. The molecule has 0 aliphatic rings. The number of benzene rings is 1. The maximum absolute atomic E-state index is 12.2. The maximum atomic E-state index is 12.2. The van der Waals surface area contributed by atoms with Gasteiger partial charge in [-0.2, -0.15) is 4.98 Å². The number of aryl methyl sites for hydroxylation is 1. The van der Waals surface area contributed by atoms with E-state index in [1.165, 1.54) is 0 Å². The third kappa shape index (κ3) is 4.79. The van der Waals surface area contributed by atoms with Gasteiger partial charge in [-0.1, -0.05) is 19.0 Å².